The Hall–Kier alpha value is -1.63. The third-order valence-corrected chi connectivity index (χ3v) is 3.36. The number of hydrogen-bond acceptors (Lipinski definition) is 4. The molecule has 0 spiro atoms. The second-order valence-electron chi connectivity index (χ2n) is 5.12. The summed E-state index contributed by atoms with van der Waals surface area (Å²) in [4.78, 5) is 35.5. The number of amides is 3. The molecule has 21 heavy (non-hydrogen) atoms. The molecule has 1 rings (SSSR count). The van der Waals surface area contributed by atoms with Gasteiger partial charge < -0.3 is 14.7 Å². The summed E-state index contributed by atoms with van der Waals surface area (Å²) in [7, 11) is 0. The zero-order valence-electron chi connectivity index (χ0n) is 12.5. The summed E-state index contributed by atoms with van der Waals surface area (Å²) < 4.78 is 5.51. The van der Waals surface area contributed by atoms with Crippen LogP contribution in [0, 0.1) is 0 Å². The molecule has 0 aliphatic carbocycles. The molecule has 0 bridgehead atoms. The van der Waals surface area contributed by atoms with Crippen molar-refractivity contribution in [1.82, 2.24) is 10.2 Å². The minimum atomic E-state index is -0.873. The lowest BCUT2D eigenvalue weighted by atomic mass is 10.1. The molecule has 1 aliphatic heterocycles. The number of hydrogen-bond donors (Lipinski definition) is 2. The van der Waals surface area contributed by atoms with E-state index in [1.807, 2.05) is 6.92 Å². The van der Waals surface area contributed by atoms with Crippen molar-refractivity contribution in [2.24, 2.45) is 0 Å². The number of rotatable bonds is 7. The number of unbranched alkanes of at least 4 members (excludes halogenated alkanes) is 1. The molecular weight excluding hydrogens is 276 g/mol. The first kappa shape index (κ1) is 17.4. The van der Waals surface area contributed by atoms with Crippen LogP contribution in [0.4, 0.5) is 4.79 Å². The molecule has 7 nitrogen and oxygen atoms in total. The smallest absolute Gasteiger partial charge is 0.324 e. The molecule has 0 saturated carbocycles. The predicted octanol–water partition coefficient (Wildman–Crippen LogP) is 1.37. The van der Waals surface area contributed by atoms with Gasteiger partial charge in [0.25, 0.3) is 0 Å². The number of carboxylic acid groups (broad SMARTS) is 1. The molecule has 0 aromatic carbocycles. The van der Waals surface area contributed by atoms with Crippen LogP contribution in [-0.4, -0.2) is 53.7 Å². The summed E-state index contributed by atoms with van der Waals surface area (Å²) in [5, 5.41) is 10.8. The Morgan fingerprint density at radius 3 is 2.67 bits per heavy atom. The fourth-order valence-corrected chi connectivity index (χ4v) is 2.32. The van der Waals surface area contributed by atoms with Crippen molar-refractivity contribution in [3.05, 3.63) is 0 Å². The van der Waals surface area contributed by atoms with E-state index in [2.05, 4.69) is 5.32 Å². The van der Waals surface area contributed by atoms with E-state index in [9.17, 15) is 14.4 Å². The number of aliphatic carboxylic acids is 1. The number of carbonyl (C=O) groups is 3. The molecule has 2 N–H and O–H groups in total. The molecule has 1 unspecified atom stereocenters. The summed E-state index contributed by atoms with van der Waals surface area (Å²) in [5.74, 6) is -1.23. The van der Waals surface area contributed by atoms with Gasteiger partial charge in [-0.3, -0.25) is 14.9 Å². The van der Waals surface area contributed by atoms with Crippen LogP contribution in [0.5, 0.6) is 0 Å². The fraction of sp³-hybridized carbons (Fsp3) is 0.786. The molecule has 1 saturated heterocycles. The summed E-state index contributed by atoms with van der Waals surface area (Å²) in [6, 6.07) is -0.386. The Bertz CT molecular complexity index is 370. The topological polar surface area (TPSA) is 95.9 Å². The van der Waals surface area contributed by atoms with E-state index in [-0.39, 0.29) is 30.9 Å². The number of nitrogens with zero attached hydrogens (tertiary/aromatic N) is 1. The first-order chi connectivity index (χ1) is 10.0. The van der Waals surface area contributed by atoms with Gasteiger partial charge >= 0.3 is 12.0 Å². The van der Waals surface area contributed by atoms with Gasteiger partial charge in [-0.05, 0) is 32.6 Å². The van der Waals surface area contributed by atoms with Crippen molar-refractivity contribution < 1.29 is 24.2 Å². The van der Waals surface area contributed by atoms with Gasteiger partial charge in [0, 0.05) is 32.5 Å². The average Bonchev–Trinajstić information content (AvgIpc) is 2.44. The lowest BCUT2D eigenvalue weighted by Gasteiger charge is -2.32. The van der Waals surface area contributed by atoms with Gasteiger partial charge in [0.05, 0.1) is 6.10 Å². The second kappa shape index (κ2) is 9.33. The highest BCUT2D eigenvalue weighted by molar-refractivity contribution is 5.94. The number of nitrogens with one attached hydrogen (secondary N) is 1. The summed E-state index contributed by atoms with van der Waals surface area (Å²) in [6.07, 6.45) is 2.96. The van der Waals surface area contributed by atoms with Crippen LogP contribution in [0.25, 0.3) is 0 Å². The second-order valence-corrected chi connectivity index (χ2v) is 5.12. The van der Waals surface area contributed by atoms with Gasteiger partial charge in [0.2, 0.25) is 5.91 Å². The Morgan fingerprint density at radius 2 is 2.00 bits per heavy atom. The highest BCUT2D eigenvalue weighted by atomic mass is 16.5. The van der Waals surface area contributed by atoms with Gasteiger partial charge in [0.15, 0.2) is 0 Å². The Morgan fingerprint density at radius 1 is 1.29 bits per heavy atom. The number of piperidine rings is 1. The van der Waals surface area contributed by atoms with Crippen molar-refractivity contribution in [2.45, 2.75) is 51.6 Å². The van der Waals surface area contributed by atoms with Crippen LogP contribution in [0.1, 0.15) is 45.4 Å². The summed E-state index contributed by atoms with van der Waals surface area (Å²) in [6.45, 7) is 3.66. The third-order valence-electron chi connectivity index (χ3n) is 3.36. The van der Waals surface area contributed by atoms with Gasteiger partial charge in [-0.15, -0.1) is 0 Å². The average molecular weight is 300 g/mol. The lowest BCUT2D eigenvalue weighted by Crippen LogP contribution is -2.49. The number of urea groups is 1. The minimum absolute atomic E-state index is 0.0418. The number of likely N-dealkylation sites (tertiary alicyclic amines) is 1. The van der Waals surface area contributed by atoms with Gasteiger partial charge in [-0.2, -0.15) is 0 Å². The quantitative estimate of drug-likeness (QED) is 0.692. The van der Waals surface area contributed by atoms with Gasteiger partial charge in [-0.25, -0.2) is 4.79 Å². The SMILES string of the molecule is CCOC1CCCN(C(=O)NC(=O)CCCCC(=O)O)C1. The maximum absolute atomic E-state index is 11.9. The van der Waals surface area contributed by atoms with Crippen molar-refractivity contribution in [2.75, 3.05) is 19.7 Å². The van der Waals surface area contributed by atoms with Crippen molar-refractivity contribution >= 4 is 17.9 Å². The zero-order valence-corrected chi connectivity index (χ0v) is 12.5. The fourth-order valence-electron chi connectivity index (χ4n) is 2.32. The number of imide groups is 1. The van der Waals surface area contributed by atoms with E-state index < -0.39 is 5.97 Å². The first-order valence-corrected chi connectivity index (χ1v) is 7.45. The molecule has 0 radical (unpaired) electrons. The summed E-state index contributed by atoms with van der Waals surface area (Å²) >= 11 is 0. The molecule has 0 aromatic heterocycles. The Labute approximate surface area is 124 Å². The van der Waals surface area contributed by atoms with Crippen molar-refractivity contribution in [1.29, 1.82) is 0 Å². The third kappa shape index (κ3) is 7.08. The number of carbonyl (C=O) groups excluding carboxylic acids is 2. The lowest BCUT2D eigenvalue weighted by molar-refractivity contribution is -0.137. The maximum atomic E-state index is 11.9. The molecule has 0 aromatic rings. The molecular formula is C14H24N2O5. The Balaban J connectivity index is 2.25. The first-order valence-electron chi connectivity index (χ1n) is 7.45. The van der Waals surface area contributed by atoms with E-state index in [1.54, 1.807) is 4.90 Å². The predicted molar refractivity (Wildman–Crippen MR) is 75.9 cm³/mol. The number of carboxylic acids is 1. The Kier molecular flexibility index (Phi) is 7.74. The molecule has 3 amide bonds. The molecule has 1 heterocycles. The van der Waals surface area contributed by atoms with Gasteiger partial charge in [0.1, 0.15) is 0 Å². The molecule has 1 aliphatic rings. The molecule has 120 valence electrons. The van der Waals surface area contributed by atoms with Crippen LogP contribution >= 0.6 is 0 Å². The van der Waals surface area contributed by atoms with E-state index in [1.165, 1.54) is 0 Å². The van der Waals surface area contributed by atoms with Crippen molar-refractivity contribution in [3.8, 4) is 0 Å². The van der Waals surface area contributed by atoms with E-state index in [4.69, 9.17) is 9.84 Å². The van der Waals surface area contributed by atoms with Gasteiger partial charge in [-0.1, -0.05) is 0 Å². The normalized spacial score (nSPS) is 18.3. The van der Waals surface area contributed by atoms with Crippen LogP contribution in [0.2, 0.25) is 0 Å². The van der Waals surface area contributed by atoms with Crippen LogP contribution in [0.3, 0.4) is 0 Å². The van der Waals surface area contributed by atoms with Crippen LogP contribution in [-0.2, 0) is 14.3 Å². The molecule has 1 fully saturated rings. The molecule has 1 atom stereocenters. The number of ether oxygens (including phenoxy) is 1. The van der Waals surface area contributed by atoms with Crippen LogP contribution < -0.4 is 5.32 Å². The highest BCUT2D eigenvalue weighted by Crippen LogP contribution is 2.13. The standard InChI is InChI=1S/C14H24N2O5/c1-2-21-11-6-5-9-16(10-11)14(20)15-12(17)7-3-4-8-13(18)19/h11H,2-10H2,1H3,(H,18,19)(H,15,17,20). The van der Waals surface area contributed by atoms with E-state index in [0.717, 1.165) is 12.8 Å². The van der Waals surface area contributed by atoms with E-state index in [0.29, 0.717) is 32.5 Å². The van der Waals surface area contributed by atoms with Crippen molar-refractivity contribution in [3.63, 3.8) is 0 Å². The van der Waals surface area contributed by atoms with Crippen LogP contribution in [0.15, 0.2) is 0 Å². The monoisotopic (exact) mass is 300 g/mol. The molecule has 7 heteroatoms. The summed E-state index contributed by atoms with van der Waals surface area (Å²) in [5.41, 5.74) is 0. The largest absolute Gasteiger partial charge is 0.481 e. The minimum Gasteiger partial charge on any atom is -0.481 e. The van der Waals surface area contributed by atoms with E-state index >= 15 is 0 Å². The zero-order chi connectivity index (χ0) is 15.7. The maximum Gasteiger partial charge on any atom is 0.324 e. The highest BCUT2D eigenvalue weighted by Gasteiger charge is 2.24.